The van der Waals surface area contributed by atoms with Crippen molar-refractivity contribution in [3.63, 3.8) is 0 Å². The predicted molar refractivity (Wildman–Crippen MR) is 102 cm³/mol. The Labute approximate surface area is 157 Å². The van der Waals surface area contributed by atoms with Crippen molar-refractivity contribution in [2.75, 3.05) is 19.5 Å². The largest absolute Gasteiger partial charge is 0.493 e. The number of aromatic nitrogens is 3. The second-order valence-corrected chi connectivity index (χ2v) is 5.18. The third kappa shape index (κ3) is 3.89. The minimum atomic E-state index is 0. The maximum absolute atomic E-state index is 5.94. The summed E-state index contributed by atoms with van der Waals surface area (Å²) in [6, 6.07) is 5.45. The highest BCUT2D eigenvalue weighted by Gasteiger charge is 2.16. The van der Waals surface area contributed by atoms with Crippen LogP contribution in [0.3, 0.4) is 0 Å². The first-order chi connectivity index (χ1) is 11.2. The summed E-state index contributed by atoms with van der Waals surface area (Å²) in [7, 11) is 3.18. The standard InChI is InChI=1S/C15H20N6O2.HI/c1-22-11-6-5-10(8-12(11)23-2)18-15(16)17-9-14-20-19-13-4-3-7-21(13)14;/h5-6,8H,3-4,7,9H2,1-2H3,(H3,16,17,18);1H. The molecular weight excluding hydrogens is 423 g/mol. The van der Waals surface area contributed by atoms with Gasteiger partial charge < -0.3 is 25.1 Å². The van der Waals surface area contributed by atoms with Crippen LogP contribution in [0.15, 0.2) is 23.2 Å². The van der Waals surface area contributed by atoms with E-state index in [9.17, 15) is 0 Å². The Kier molecular flexibility index (Phi) is 6.23. The average Bonchev–Trinajstić information content (AvgIpc) is 3.16. The number of aliphatic imine (C=N–C) groups is 1. The molecule has 130 valence electrons. The third-order valence-corrected chi connectivity index (χ3v) is 3.73. The van der Waals surface area contributed by atoms with Crippen LogP contribution in [0.2, 0.25) is 0 Å². The minimum absolute atomic E-state index is 0. The molecule has 0 saturated heterocycles. The lowest BCUT2D eigenvalue weighted by atomic mass is 10.3. The fourth-order valence-electron chi connectivity index (χ4n) is 2.58. The molecule has 0 atom stereocenters. The van der Waals surface area contributed by atoms with Crippen LogP contribution in [0.25, 0.3) is 0 Å². The summed E-state index contributed by atoms with van der Waals surface area (Å²) in [5.74, 6) is 3.47. The number of nitrogens with one attached hydrogen (secondary N) is 1. The van der Waals surface area contributed by atoms with Gasteiger partial charge >= 0.3 is 0 Å². The Morgan fingerprint density at radius 1 is 1.29 bits per heavy atom. The van der Waals surface area contributed by atoms with Crippen LogP contribution >= 0.6 is 24.0 Å². The molecule has 0 fully saturated rings. The number of nitrogens with two attached hydrogens (primary N) is 1. The lowest BCUT2D eigenvalue weighted by molar-refractivity contribution is 0.355. The van der Waals surface area contributed by atoms with Crippen molar-refractivity contribution in [2.45, 2.75) is 25.9 Å². The molecule has 1 aromatic carbocycles. The second kappa shape index (κ2) is 8.18. The first kappa shape index (κ1) is 18.3. The first-order valence-electron chi connectivity index (χ1n) is 7.41. The van der Waals surface area contributed by atoms with Gasteiger partial charge in [-0.25, -0.2) is 4.99 Å². The van der Waals surface area contributed by atoms with E-state index in [2.05, 4.69) is 25.1 Å². The van der Waals surface area contributed by atoms with E-state index in [1.54, 1.807) is 26.4 Å². The van der Waals surface area contributed by atoms with E-state index in [4.69, 9.17) is 15.2 Å². The fourth-order valence-corrected chi connectivity index (χ4v) is 2.58. The van der Waals surface area contributed by atoms with E-state index >= 15 is 0 Å². The first-order valence-corrected chi connectivity index (χ1v) is 7.41. The van der Waals surface area contributed by atoms with E-state index in [1.165, 1.54) is 0 Å². The Bertz CT molecular complexity index is 731. The van der Waals surface area contributed by atoms with Crippen molar-refractivity contribution in [1.29, 1.82) is 0 Å². The summed E-state index contributed by atoms with van der Waals surface area (Å²) in [6.45, 7) is 1.36. The number of methoxy groups -OCH3 is 2. The van der Waals surface area contributed by atoms with Crippen LogP contribution in [0.5, 0.6) is 11.5 Å². The van der Waals surface area contributed by atoms with Gasteiger partial charge in [-0.15, -0.1) is 34.2 Å². The van der Waals surface area contributed by atoms with Gasteiger partial charge in [0.2, 0.25) is 0 Å². The van der Waals surface area contributed by atoms with Gasteiger partial charge in [0.05, 0.1) is 14.2 Å². The summed E-state index contributed by atoms with van der Waals surface area (Å²) in [6.07, 6.45) is 2.09. The van der Waals surface area contributed by atoms with Crippen LogP contribution in [0.4, 0.5) is 5.69 Å². The van der Waals surface area contributed by atoms with Crippen molar-refractivity contribution in [1.82, 2.24) is 14.8 Å². The van der Waals surface area contributed by atoms with E-state index in [0.29, 0.717) is 24.0 Å². The highest BCUT2D eigenvalue weighted by Crippen LogP contribution is 2.29. The quantitative estimate of drug-likeness (QED) is 0.415. The molecule has 24 heavy (non-hydrogen) atoms. The zero-order valence-corrected chi connectivity index (χ0v) is 16.0. The van der Waals surface area contributed by atoms with E-state index in [-0.39, 0.29) is 24.0 Å². The molecule has 0 bridgehead atoms. The molecule has 1 aliphatic heterocycles. The lowest BCUT2D eigenvalue weighted by Crippen LogP contribution is -2.23. The molecule has 1 aliphatic rings. The number of guanidine groups is 1. The molecular formula is C15H21IN6O2. The molecule has 0 aliphatic carbocycles. The maximum Gasteiger partial charge on any atom is 0.193 e. The Morgan fingerprint density at radius 2 is 2.08 bits per heavy atom. The molecule has 0 saturated carbocycles. The number of nitrogens with zero attached hydrogens (tertiary/aromatic N) is 4. The van der Waals surface area contributed by atoms with Crippen molar-refractivity contribution >= 4 is 35.6 Å². The summed E-state index contributed by atoms with van der Waals surface area (Å²) in [5, 5.41) is 11.3. The number of fused-ring (bicyclic) bond motifs is 1. The summed E-state index contributed by atoms with van der Waals surface area (Å²) >= 11 is 0. The van der Waals surface area contributed by atoms with Crippen LogP contribution in [-0.2, 0) is 19.5 Å². The van der Waals surface area contributed by atoms with E-state index < -0.39 is 0 Å². The van der Waals surface area contributed by atoms with E-state index in [1.807, 2.05) is 6.07 Å². The molecule has 0 unspecified atom stereocenters. The molecule has 0 spiro atoms. The van der Waals surface area contributed by atoms with Gasteiger partial charge in [0.1, 0.15) is 12.4 Å². The normalized spacial score (nSPS) is 13.2. The second-order valence-electron chi connectivity index (χ2n) is 5.18. The fraction of sp³-hybridized carbons (Fsp3) is 0.400. The number of hydrogen-bond donors (Lipinski definition) is 2. The molecule has 3 N–H and O–H groups in total. The van der Waals surface area contributed by atoms with Gasteiger partial charge in [0.25, 0.3) is 0 Å². The van der Waals surface area contributed by atoms with Gasteiger partial charge in [-0.2, -0.15) is 0 Å². The topological polar surface area (TPSA) is 99.6 Å². The molecule has 3 rings (SSSR count). The number of hydrogen-bond acceptors (Lipinski definition) is 5. The maximum atomic E-state index is 5.94. The molecule has 9 heteroatoms. The Balaban J connectivity index is 0.00000208. The number of rotatable bonds is 5. The molecule has 1 aromatic heterocycles. The van der Waals surface area contributed by atoms with Crippen molar-refractivity contribution < 1.29 is 9.47 Å². The Hall–Kier alpha value is -2.04. The van der Waals surface area contributed by atoms with Crippen molar-refractivity contribution in [2.24, 2.45) is 10.7 Å². The van der Waals surface area contributed by atoms with Crippen molar-refractivity contribution in [3.05, 3.63) is 29.8 Å². The molecule has 0 radical (unpaired) electrons. The zero-order chi connectivity index (χ0) is 16.2. The van der Waals surface area contributed by atoms with Crippen LogP contribution in [0.1, 0.15) is 18.1 Å². The predicted octanol–water partition coefficient (Wildman–Crippen LogP) is 1.79. The summed E-state index contributed by atoms with van der Waals surface area (Å²) in [5.41, 5.74) is 6.71. The highest BCUT2D eigenvalue weighted by molar-refractivity contribution is 14.0. The lowest BCUT2D eigenvalue weighted by Gasteiger charge is -2.10. The highest BCUT2D eigenvalue weighted by atomic mass is 127. The number of aryl methyl sites for hydroxylation is 1. The number of benzene rings is 1. The monoisotopic (exact) mass is 444 g/mol. The summed E-state index contributed by atoms with van der Waals surface area (Å²) < 4.78 is 12.6. The zero-order valence-electron chi connectivity index (χ0n) is 13.7. The molecule has 2 heterocycles. The van der Waals surface area contributed by atoms with E-state index in [0.717, 1.165) is 36.7 Å². The van der Waals surface area contributed by atoms with Crippen LogP contribution < -0.4 is 20.5 Å². The minimum Gasteiger partial charge on any atom is -0.493 e. The van der Waals surface area contributed by atoms with Gasteiger partial charge in [-0.3, -0.25) is 0 Å². The van der Waals surface area contributed by atoms with Crippen molar-refractivity contribution in [3.8, 4) is 11.5 Å². The van der Waals surface area contributed by atoms with Gasteiger partial charge in [0.15, 0.2) is 23.3 Å². The number of halogens is 1. The van der Waals surface area contributed by atoms with Crippen LogP contribution in [-0.4, -0.2) is 34.9 Å². The number of anilines is 1. The SMILES string of the molecule is COc1ccc(NC(N)=NCc2nnc3n2CCC3)cc1OC.I. The third-order valence-electron chi connectivity index (χ3n) is 3.73. The molecule has 0 amide bonds. The smallest absolute Gasteiger partial charge is 0.193 e. The number of ether oxygens (including phenoxy) is 2. The van der Waals surface area contributed by atoms with Gasteiger partial charge in [-0.1, -0.05) is 0 Å². The molecule has 2 aromatic rings. The summed E-state index contributed by atoms with van der Waals surface area (Å²) in [4.78, 5) is 4.33. The average molecular weight is 444 g/mol. The van der Waals surface area contributed by atoms with Gasteiger partial charge in [-0.05, 0) is 18.6 Å². The Morgan fingerprint density at radius 3 is 2.83 bits per heavy atom. The van der Waals surface area contributed by atoms with Crippen LogP contribution in [0, 0.1) is 0 Å². The van der Waals surface area contributed by atoms with Gasteiger partial charge in [0, 0.05) is 24.7 Å². The molecule has 8 nitrogen and oxygen atoms in total.